The van der Waals surface area contributed by atoms with Crippen LogP contribution in [0.2, 0.25) is 0 Å². The minimum Gasteiger partial charge on any atom is -0.445 e. The standard InChI is InChI=1S/C11H11NO.C2H6/c1-2-9-3-5-10(6-4-9)11-12-7-8-13-11;1-2/h3-8H,2H2,1H3;1-2H3. The molecule has 1 aromatic carbocycles. The lowest BCUT2D eigenvalue weighted by atomic mass is 10.1. The molecule has 80 valence electrons. The van der Waals surface area contributed by atoms with Crippen LogP contribution >= 0.6 is 0 Å². The summed E-state index contributed by atoms with van der Waals surface area (Å²) in [5, 5.41) is 0. The fraction of sp³-hybridized carbons (Fsp3) is 0.308. The fourth-order valence-electron chi connectivity index (χ4n) is 1.25. The molecule has 0 amide bonds. The zero-order valence-electron chi connectivity index (χ0n) is 9.53. The third kappa shape index (κ3) is 2.94. The van der Waals surface area contributed by atoms with E-state index >= 15 is 0 Å². The van der Waals surface area contributed by atoms with Crippen molar-refractivity contribution in [2.24, 2.45) is 0 Å². The smallest absolute Gasteiger partial charge is 0.225 e. The lowest BCUT2D eigenvalue weighted by Gasteiger charge is -1.97. The zero-order valence-corrected chi connectivity index (χ0v) is 9.53. The molecule has 0 saturated carbocycles. The Morgan fingerprint density at radius 3 is 2.27 bits per heavy atom. The van der Waals surface area contributed by atoms with Gasteiger partial charge in [-0.2, -0.15) is 0 Å². The van der Waals surface area contributed by atoms with Gasteiger partial charge in [-0.25, -0.2) is 4.98 Å². The van der Waals surface area contributed by atoms with Gasteiger partial charge in [-0.1, -0.05) is 32.9 Å². The fourth-order valence-corrected chi connectivity index (χ4v) is 1.25. The molecule has 2 rings (SSSR count). The number of hydrogen-bond acceptors (Lipinski definition) is 2. The molecular weight excluding hydrogens is 186 g/mol. The SMILES string of the molecule is CC.CCc1ccc(-c2ncco2)cc1. The van der Waals surface area contributed by atoms with Gasteiger partial charge in [-0.15, -0.1) is 0 Å². The van der Waals surface area contributed by atoms with Crippen molar-refractivity contribution in [2.75, 3.05) is 0 Å². The van der Waals surface area contributed by atoms with Gasteiger partial charge in [0.2, 0.25) is 5.89 Å². The lowest BCUT2D eigenvalue weighted by Crippen LogP contribution is -1.80. The Kier molecular flexibility index (Phi) is 4.61. The predicted molar refractivity (Wildman–Crippen MR) is 62.7 cm³/mol. The van der Waals surface area contributed by atoms with Gasteiger partial charge in [0.1, 0.15) is 6.26 Å². The summed E-state index contributed by atoms with van der Waals surface area (Å²) in [6, 6.07) is 8.26. The molecule has 15 heavy (non-hydrogen) atoms. The molecule has 1 aromatic heterocycles. The molecule has 0 bridgehead atoms. The van der Waals surface area contributed by atoms with Crippen LogP contribution in [0.15, 0.2) is 41.1 Å². The Morgan fingerprint density at radius 1 is 1.13 bits per heavy atom. The number of oxazole rings is 1. The summed E-state index contributed by atoms with van der Waals surface area (Å²) >= 11 is 0. The van der Waals surface area contributed by atoms with Crippen LogP contribution in [0, 0.1) is 0 Å². The first-order valence-electron chi connectivity index (χ1n) is 5.39. The van der Waals surface area contributed by atoms with E-state index in [-0.39, 0.29) is 0 Å². The molecule has 0 aliphatic carbocycles. The molecule has 0 unspecified atom stereocenters. The minimum absolute atomic E-state index is 0.683. The van der Waals surface area contributed by atoms with Crippen molar-refractivity contribution in [1.82, 2.24) is 4.98 Å². The number of rotatable bonds is 2. The second-order valence-electron chi connectivity index (χ2n) is 2.89. The monoisotopic (exact) mass is 203 g/mol. The highest BCUT2D eigenvalue weighted by Crippen LogP contribution is 2.17. The summed E-state index contributed by atoms with van der Waals surface area (Å²) in [7, 11) is 0. The maximum absolute atomic E-state index is 5.18. The maximum Gasteiger partial charge on any atom is 0.225 e. The van der Waals surface area contributed by atoms with E-state index in [4.69, 9.17) is 4.42 Å². The Bertz CT molecular complexity index is 362. The molecular formula is C13H17NO. The van der Waals surface area contributed by atoms with E-state index < -0.39 is 0 Å². The molecule has 2 nitrogen and oxygen atoms in total. The normalized spacial score (nSPS) is 9.27. The van der Waals surface area contributed by atoms with E-state index in [2.05, 4.69) is 24.0 Å². The highest BCUT2D eigenvalue weighted by Gasteiger charge is 2.00. The molecule has 0 fully saturated rings. The number of benzene rings is 1. The summed E-state index contributed by atoms with van der Waals surface area (Å²) in [6.45, 7) is 6.14. The van der Waals surface area contributed by atoms with Crippen LogP contribution in [0.5, 0.6) is 0 Å². The molecule has 0 radical (unpaired) electrons. The Morgan fingerprint density at radius 2 is 1.80 bits per heavy atom. The first kappa shape index (κ1) is 11.5. The second-order valence-corrected chi connectivity index (χ2v) is 2.89. The van der Waals surface area contributed by atoms with Gasteiger partial charge in [0.05, 0.1) is 6.20 Å². The molecule has 1 heterocycles. The van der Waals surface area contributed by atoms with Crippen LogP contribution in [0.3, 0.4) is 0 Å². The molecule has 2 heteroatoms. The van der Waals surface area contributed by atoms with Crippen molar-refractivity contribution in [3.05, 3.63) is 42.3 Å². The molecule has 0 aliphatic heterocycles. The van der Waals surface area contributed by atoms with Crippen molar-refractivity contribution < 1.29 is 4.42 Å². The van der Waals surface area contributed by atoms with E-state index in [1.165, 1.54) is 5.56 Å². The first-order chi connectivity index (χ1) is 7.40. The van der Waals surface area contributed by atoms with Crippen molar-refractivity contribution >= 4 is 0 Å². The van der Waals surface area contributed by atoms with E-state index in [1.807, 2.05) is 26.0 Å². The highest BCUT2D eigenvalue weighted by atomic mass is 16.3. The largest absolute Gasteiger partial charge is 0.445 e. The van der Waals surface area contributed by atoms with Gasteiger partial charge in [0, 0.05) is 5.56 Å². The number of aryl methyl sites for hydroxylation is 1. The molecule has 0 aliphatic rings. The van der Waals surface area contributed by atoms with Gasteiger partial charge in [0.15, 0.2) is 0 Å². The Hall–Kier alpha value is -1.57. The Labute approximate surface area is 91.0 Å². The highest BCUT2D eigenvalue weighted by molar-refractivity contribution is 5.53. The third-order valence-electron chi connectivity index (χ3n) is 2.04. The molecule has 0 spiro atoms. The van der Waals surface area contributed by atoms with E-state index in [9.17, 15) is 0 Å². The van der Waals surface area contributed by atoms with Crippen molar-refractivity contribution in [3.8, 4) is 11.5 Å². The van der Waals surface area contributed by atoms with Gasteiger partial charge in [0.25, 0.3) is 0 Å². The molecule has 0 atom stereocenters. The topological polar surface area (TPSA) is 26.0 Å². The first-order valence-corrected chi connectivity index (χ1v) is 5.39. The van der Waals surface area contributed by atoms with Crippen LogP contribution in [-0.2, 0) is 6.42 Å². The van der Waals surface area contributed by atoms with Gasteiger partial charge < -0.3 is 4.42 Å². The van der Waals surface area contributed by atoms with Crippen molar-refractivity contribution in [2.45, 2.75) is 27.2 Å². The van der Waals surface area contributed by atoms with Gasteiger partial charge in [-0.05, 0) is 24.1 Å². The predicted octanol–water partition coefficient (Wildman–Crippen LogP) is 3.93. The summed E-state index contributed by atoms with van der Waals surface area (Å²) in [5.41, 5.74) is 2.36. The third-order valence-corrected chi connectivity index (χ3v) is 2.04. The van der Waals surface area contributed by atoms with Crippen LogP contribution in [0.4, 0.5) is 0 Å². The molecule has 2 aromatic rings. The van der Waals surface area contributed by atoms with Gasteiger partial charge in [-0.3, -0.25) is 0 Å². The van der Waals surface area contributed by atoms with Crippen molar-refractivity contribution in [1.29, 1.82) is 0 Å². The van der Waals surface area contributed by atoms with E-state index in [0.717, 1.165) is 12.0 Å². The maximum atomic E-state index is 5.18. The van der Waals surface area contributed by atoms with Crippen LogP contribution in [0.1, 0.15) is 26.3 Å². The molecule has 0 saturated heterocycles. The Balaban J connectivity index is 0.000000531. The minimum atomic E-state index is 0.683. The average molecular weight is 203 g/mol. The molecule has 0 N–H and O–H groups in total. The van der Waals surface area contributed by atoms with Crippen LogP contribution in [-0.4, -0.2) is 4.98 Å². The summed E-state index contributed by atoms with van der Waals surface area (Å²) in [4.78, 5) is 4.08. The average Bonchev–Trinajstić information content (AvgIpc) is 2.85. The van der Waals surface area contributed by atoms with E-state index in [0.29, 0.717) is 5.89 Å². The van der Waals surface area contributed by atoms with E-state index in [1.54, 1.807) is 12.5 Å². The van der Waals surface area contributed by atoms with Crippen molar-refractivity contribution in [3.63, 3.8) is 0 Å². The summed E-state index contributed by atoms with van der Waals surface area (Å²) < 4.78 is 5.18. The number of nitrogens with zero attached hydrogens (tertiary/aromatic N) is 1. The number of hydrogen-bond donors (Lipinski definition) is 0. The van der Waals surface area contributed by atoms with Crippen LogP contribution < -0.4 is 0 Å². The summed E-state index contributed by atoms with van der Waals surface area (Å²) in [5.74, 6) is 0.683. The second kappa shape index (κ2) is 6.02. The van der Waals surface area contributed by atoms with Crippen LogP contribution in [0.25, 0.3) is 11.5 Å². The quantitative estimate of drug-likeness (QED) is 0.739. The lowest BCUT2D eigenvalue weighted by molar-refractivity contribution is 0.574. The van der Waals surface area contributed by atoms with Gasteiger partial charge >= 0.3 is 0 Å². The zero-order chi connectivity index (χ0) is 11.1. The number of aromatic nitrogens is 1. The summed E-state index contributed by atoms with van der Waals surface area (Å²) in [6.07, 6.45) is 4.30.